The third-order valence-electron chi connectivity index (χ3n) is 2.89. The molecule has 1 aromatic heterocycles. The zero-order valence-electron chi connectivity index (χ0n) is 8.33. The highest BCUT2D eigenvalue weighted by Gasteiger charge is 2.36. The molecule has 1 heterocycles. The van der Waals surface area contributed by atoms with E-state index in [0.29, 0.717) is 11.7 Å². The molecule has 0 spiro atoms. The number of nitrogens with two attached hydrogens (primary N) is 1. The maximum Gasteiger partial charge on any atom is 0.134 e. The Balaban J connectivity index is 2.39. The molecule has 0 saturated heterocycles. The van der Waals surface area contributed by atoms with Crippen molar-refractivity contribution in [1.82, 2.24) is 9.97 Å². The highest BCUT2D eigenvalue weighted by Crippen LogP contribution is 2.45. The van der Waals surface area contributed by atoms with Crippen LogP contribution in [0.25, 0.3) is 0 Å². The first-order valence-corrected chi connectivity index (χ1v) is 4.70. The van der Waals surface area contributed by atoms with Gasteiger partial charge in [0, 0.05) is 17.2 Å². The Morgan fingerprint density at radius 1 is 1.31 bits per heavy atom. The Bertz CT molecular complexity index is 323. The minimum absolute atomic E-state index is 0.557. The minimum Gasteiger partial charge on any atom is -0.383 e. The molecule has 1 fully saturated rings. The van der Waals surface area contributed by atoms with Crippen LogP contribution >= 0.6 is 0 Å². The fraction of sp³-hybridized carbons (Fsp3) is 0.600. The lowest BCUT2D eigenvalue weighted by atomic mass is 10.2. The number of aromatic nitrogens is 2. The van der Waals surface area contributed by atoms with E-state index in [1.54, 1.807) is 0 Å². The number of hydrogen-bond donors (Lipinski definition) is 1. The molecule has 2 unspecified atom stereocenters. The van der Waals surface area contributed by atoms with Crippen LogP contribution in [0.5, 0.6) is 0 Å². The van der Waals surface area contributed by atoms with Gasteiger partial charge in [-0.05, 0) is 26.2 Å². The summed E-state index contributed by atoms with van der Waals surface area (Å²) in [6.07, 6.45) is 1.21. The Labute approximate surface area is 78.4 Å². The number of nitrogen functional groups attached to an aromatic ring is 1. The van der Waals surface area contributed by atoms with E-state index >= 15 is 0 Å². The molecule has 1 saturated carbocycles. The van der Waals surface area contributed by atoms with Crippen molar-refractivity contribution < 1.29 is 0 Å². The summed E-state index contributed by atoms with van der Waals surface area (Å²) in [7, 11) is 0. The predicted octanol–water partition coefficient (Wildman–Crippen LogP) is 1.80. The van der Waals surface area contributed by atoms with E-state index in [9.17, 15) is 0 Å². The van der Waals surface area contributed by atoms with E-state index in [1.807, 2.05) is 13.8 Å². The van der Waals surface area contributed by atoms with Crippen molar-refractivity contribution in [2.45, 2.75) is 33.1 Å². The first-order valence-electron chi connectivity index (χ1n) is 4.70. The van der Waals surface area contributed by atoms with Crippen LogP contribution in [-0.4, -0.2) is 9.97 Å². The van der Waals surface area contributed by atoms with Crippen LogP contribution in [0, 0.1) is 19.8 Å². The second-order valence-electron chi connectivity index (χ2n) is 4.00. The zero-order valence-corrected chi connectivity index (χ0v) is 8.33. The molecule has 1 aromatic rings. The summed E-state index contributed by atoms with van der Waals surface area (Å²) in [6, 6.07) is 0. The molecular formula is C10H15N3. The predicted molar refractivity (Wildman–Crippen MR) is 52.4 cm³/mol. The van der Waals surface area contributed by atoms with Crippen molar-refractivity contribution in [3.63, 3.8) is 0 Å². The Kier molecular flexibility index (Phi) is 1.75. The molecule has 1 aliphatic rings. The SMILES string of the molecule is Cc1nc(C2CC2C)nc(N)c1C. The molecule has 0 amide bonds. The van der Waals surface area contributed by atoms with Crippen molar-refractivity contribution in [2.75, 3.05) is 5.73 Å². The lowest BCUT2D eigenvalue weighted by molar-refractivity contribution is 0.831. The van der Waals surface area contributed by atoms with Gasteiger partial charge in [0.15, 0.2) is 0 Å². The molecule has 0 bridgehead atoms. The van der Waals surface area contributed by atoms with Gasteiger partial charge in [0.25, 0.3) is 0 Å². The van der Waals surface area contributed by atoms with Crippen LogP contribution in [-0.2, 0) is 0 Å². The van der Waals surface area contributed by atoms with E-state index in [4.69, 9.17) is 5.73 Å². The number of rotatable bonds is 1. The molecule has 0 aliphatic heterocycles. The Morgan fingerprint density at radius 3 is 2.38 bits per heavy atom. The standard InChI is InChI=1S/C10H15N3/c1-5-4-8(5)10-12-7(3)6(2)9(11)13-10/h5,8H,4H2,1-3H3,(H2,11,12,13). The van der Waals surface area contributed by atoms with Gasteiger partial charge in [-0.25, -0.2) is 9.97 Å². The molecule has 0 radical (unpaired) electrons. The van der Waals surface area contributed by atoms with Gasteiger partial charge < -0.3 is 5.73 Å². The van der Waals surface area contributed by atoms with Crippen LogP contribution in [0.15, 0.2) is 0 Å². The maximum atomic E-state index is 5.78. The van der Waals surface area contributed by atoms with Gasteiger partial charge in [0.1, 0.15) is 11.6 Å². The second kappa shape index (κ2) is 2.69. The highest BCUT2D eigenvalue weighted by molar-refractivity contribution is 5.41. The number of aryl methyl sites for hydroxylation is 1. The Morgan fingerprint density at radius 2 is 1.92 bits per heavy atom. The first-order chi connectivity index (χ1) is 6.09. The fourth-order valence-corrected chi connectivity index (χ4v) is 1.52. The van der Waals surface area contributed by atoms with Gasteiger partial charge in [0.2, 0.25) is 0 Å². The summed E-state index contributed by atoms with van der Waals surface area (Å²) in [5.41, 5.74) is 7.81. The molecular weight excluding hydrogens is 162 g/mol. The van der Waals surface area contributed by atoms with Crippen molar-refractivity contribution >= 4 is 5.82 Å². The van der Waals surface area contributed by atoms with Crippen molar-refractivity contribution in [3.8, 4) is 0 Å². The van der Waals surface area contributed by atoms with Crippen LogP contribution in [0.1, 0.15) is 36.3 Å². The van der Waals surface area contributed by atoms with Gasteiger partial charge in [-0.15, -0.1) is 0 Å². The summed E-state index contributed by atoms with van der Waals surface area (Å²) in [6.45, 7) is 6.17. The van der Waals surface area contributed by atoms with E-state index in [0.717, 1.165) is 23.0 Å². The molecule has 13 heavy (non-hydrogen) atoms. The largest absolute Gasteiger partial charge is 0.383 e. The van der Waals surface area contributed by atoms with Gasteiger partial charge in [-0.2, -0.15) is 0 Å². The van der Waals surface area contributed by atoms with Gasteiger partial charge in [0.05, 0.1) is 0 Å². The smallest absolute Gasteiger partial charge is 0.134 e. The fourth-order valence-electron chi connectivity index (χ4n) is 1.52. The average molecular weight is 177 g/mol. The topological polar surface area (TPSA) is 51.8 Å². The van der Waals surface area contributed by atoms with Crippen molar-refractivity contribution in [3.05, 3.63) is 17.1 Å². The molecule has 2 rings (SSSR count). The lowest BCUT2D eigenvalue weighted by Gasteiger charge is -2.05. The number of nitrogens with zero attached hydrogens (tertiary/aromatic N) is 2. The summed E-state index contributed by atoms with van der Waals surface area (Å²) < 4.78 is 0. The van der Waals surface area contributed by atoms with E-state index < -0.39 is 0 Å². The number of anilines is 1. The van der Waals surface area contributed by atoms with Crippen LogP contribution < -0.4 is 5.73 Å². The monoisotopic (exact) mass is 177 g/mol. The third-order valence-corrected chi connectivity index (χ3v) is 2.89. The molecule has 3 nitrogen and oxygen atoms in total. The number of hydrogen-bond acceptors (Lipinski definition) is 3. The summed E-state index contributed by atoms with van der Waals surface area (Å²) in [5, 5.41) is 0. The maximum absolute atomic E-state index is 5.78. The van der Waals surface area contributed by atoms with E-state index in [2.05, 4.69) is 16.9 Å². The highest BCUT2D eigenvalue weighted by atomic mass is 15.0. The van der Waals surface area contributed by atoms with E-state index in [-0.39, 0.29) is 0 Å². The van der Waals surface area contributed by atoms with Gasteiger partial charge in [-0.3, -0.25) is 0 Å². The normalized spacial score (nSPS) is 26.1. The zero-order chi connectivity index (χ0) is 9.59. The van der Waals surface area contributed by atoms with E-state index in [1.165, 1.54) is 6.42 Å². The van der Waals surface area contributed by atoms with Crippen LogP contribution in [0.3, 0.4) is 0 Å². The van der Waals surface area contributed by atoms with Crippen molar-refractivity contribution in [2.24, 2.45) is 5.92 Å². The second-order valence-corrected chi connectivity index (χ2v) is 4.00. The molecule has 0 aromatic carbocycles. The molecule has 2 N–H and O–H groups in total. The summed E-state index contributed by atoms with van der Waals surface area (Å²) in [5.74, 6) is 2.87. The third kappa shape index (κ3) is 1.39. The van der Waals surface area contributed by atoms with Crippen molar-refractivity contribution in [1.29, 1.82) is 0 Å². The average Bonchev–Trinajstić information content (AvgIpc) is 2.77. The minimum atomic E-state index is 0.557. The van der Waals surface area contributed by atoms with Gasteiger partial charge >= 0.3 is 0 Å². The Hall–Kier alpha value is -1.12. The summed E-state index contributed by atoms with van der Waals surface area (Å²) in [4.78, 5) is 8.77. The molecule has 2 atom stereocenters. The van der Waals surface area contributed by atoms with Crippen LogP contribution in [0.2, 0.25) is 0 Å². The molecule has 1 aliphatic carbocycles. The lowest BCUT2D eigenvalue weighted by Crippen LogP contribution is -2.04. The van der Waals surface area contributed by atoms with Crippen LogP contribution in [0.4, 0.5) is 5.82 Å². The quantitative estimate of drug-likeness (QED) is 0.711. The summed E-state index contributed by atoms with van der Waals surface area (Å²) >= 11 is 0. The van der Waals surface area contributed by atoms with Gasteiger partial charge in [-0.1, -0.05) is 6.92 Å². The molecule has 70 valence electrons. The first kappa shape index (κ1) is 8.48. The molecule has 3 heteroatoms.